The molecule has 0 fully saturated rings. The molecule has 0 aliphatic rings. The highest BCUT2D eigenvalue weighted by molar-refractivity contribution is 6.01. The molecule has 0 unspecified atom stereocenters. The van der Waals surface area contributed by atoms with Crippen LogP contribution in [-0.2, 0) is 0 Å². The van der Waals surface area contributed by atoms with Gasteiger partial charge in [-0.15, -0.1) is 0 Å². The summed E-state index contributed by atoms with van der Waals surface area (Å²) >= 11 is 0. The second kappa shape index (κ2) is 5.11. The first kappa shape index (κ1) is 14.7. The monoisotopic (exact) mass is 249 g/mol. The summed E-state index contributed by atoms with van der Waals surface area (Å²) in [6, 6.07) is 7.26. The molecule has 3 nitrogen and oxygen atoms in total. The van der Waals surface area contributed by atoms with E-state index < -0.39 is 11.0 Å². The molecular formula is C15H23NO2. The Bertz CT molecular complexity index is 430. The summed E-state index contributed by atoms with van der Waals surface area (Å²) in [4.78, 5) is 12.5. The van der Waals surface area contributed by atoms with Crippen molar-refractivity contribution in [3.05, 3.63) is 29.8 Å². The number of carbonyl (C=O) groups is 1. The van der Waals surface area contributed by atoms with Crippen molar-refractivity contribution in [2.75, 3.05) is 6.61 Å². The summed E-state index contributed by atoms with van der Waals surface area (Å²) in [7, 11) is 0. The van der Waals surface area contributed by atoms with Gasteiger partial charge in [0, 0.05) is 16.5 Å². The van der Waals surface area contributed by atoms with Gasteiger partial charge in [0.25, 0.3) is 0 Å². The van der Waals surface area contributed by atoms with Gasteiger partial charge in [0.15, 0.2) is 5.78 Å². The first-order valence-electron chi connectivity index (χ1n) is 6.26. The van der Waals surface area contributed by atoms with Crippen LogP contribution in [0, 0.1) is 5.41 Å². The number of benzene rings is 1. The van der Waals surface area contributed by atoms with Crippen molar-refractivity contribution in [2.24, 2.45) is 11.1 Å². The van der Waals surface area contributed by atoms with Gasteiger partial charge in [0.1, 0.15) is 5.75 Å². The Morgan fingerprint density at radius 3 is 2.39 bits per heavy atom. The number of hydrogen-bond donors (Lipinski definition) is 1. The molecule has 0 saturated heterocycles. The highest BCUT2D eigenvalue weighted by Crippen LogP contribution is 2.33. The number of carbonyl (C=O) groups excluding carboxylic acids is 1. The molecule has 0 heterocycles. The highest BCUT2D eigenvalue weighted by atomic mass is 16.5. The lowest BCUT2D eigenvalue weighted by molar-refractivity contribution is 0.0734. The normalized spacial score (nSPS) is 12.3. The summed E-state index contributed by atoms with van der Waals surface area (Å²) in [5.41, 5.74) is 5.53. The third-order valence-electron chi connectivity index (χ3n) is 3.59. The molecule has 0 bridgehead atoms. The molecule has 1 aromatic rings. The van der Waals surface area contributed by atoms with E-state index in [0.717, 1.165) is 0 Å². The number of ether oxygens (including phenoxy) is 1. The Morgan fingerprint density at radius 2 is 1.89 bits per heavy atom. The van der Waals surface area contributed by atoms with Crippen LogP contribution in [0.25, 0.3) is 0 Å². The average molecular weight is 249 g/mol. The second-order valence-electron chi connectivity index (χ2n) is 5.64. The van der Waals surface area contributed by atoms with E-state index >= 15 is 0 Å². The molecule has 0 aliphatic carbocycles. The van der Waals surface area contributed by atoms with Gasteiger partial charge in [-0.1, -0.05) is 26.0 Å². The van der Waals surface area contributed by atoms with E-state index in [1.165, 1.54) is 0 Å². The molecule has 0 amide bonds. The van der Waals surface area contributed by atoms with Gasteiger partial charge in [-0.2, -0.15) is 0 Å². The van der Waals surface area contributed by atoms with Crippen LogP contribution >= 0.6 is 0 Å². The Kier molecular flexibility index (Phi) is 4.17. The quantitative estimate of drug-likeness (QED) is 0.816. The van der Waals surface area contributed by atoms with Crippen LogP contribution in [0.15, 0.2) is 24.3 Å². The summed E-state index contributed by atoms with van der Waals surface area (Å²) in [6.07, 6.45) is 0. The van der Waals surface area contributed by atoms with Crippen molar-refractivity contribution >= 4 is 5.78 Å². The molecule has 1 aromatic carbocycles. The first-order chi connectivity index (χ1) is 8.20. The lowest BCUT2D eigenvalue weighted by Crippen LogP contribution is -2.51. The number of Topliss-reactive ketones (excluding diaryl/α,β-unsaturated/α-hetero) is 1. The van der Waals surface area contributed by atoms with Gasteiger partial charge in [-0.3, -0.25) is 4.79 Å². The van der Waals surface area contributed by atoms with Crippen LogP contribution in [0.5, 0.6) is 5.75 Å². The van der Waals surface area contributed by atoms with Crippen LogP contribution < -0.4 is 10.5 Å². The maximum atomic E-state index is 12.5. The Morgan fingerprint density at radius 1 is 1.28 bits per heavy atom. The Balaban J connectivity index is 3.08. The van der Waals surface area contributed by atoms with E-state index in [-0.39, 0.29) is 5.78 Å². The van der Waals surface area contributed by atoms with Crippen LogP contribution in [-0.4, -0.2) is 17.9 Å². The SMILES string of the molecule is CCOc1cccc(C(=O)C(C)(C)C(C)(C)N)c1. The summed E-state index contributed by atoms with van der Waals surface area (Å²) in [6.45, 7) is 10.0. The molecular weight excluding hydrogens is 226 g/mol. The standard InChI is InChI=1S/C15H23NO2/c1-6-18-12-9-7-8-11(10-12)13(17)14(2,3)15(4,5)16/h7-10H,6,16H2,1-5H3. The number of ketones is 1. The van der Waals surface area contributed by atoms with Gasteiger partial charge >= 0.3 is 0 Å². The van der Waals surface area contributed by atoms with Crippen molar-refractivity contribution < 1.29 is 9.53 Å². The summed E-state index contributed by atoms with van der Waals surface area (Å²) < 4.78 is 5.41. The predicted molar refractivity (Wildman–Crippen MR) is 74.0 cm³/mol. The van der Waals surface area contributed by atoms with Crippen LogP contribution in [0.2, 0.25) is 0 Å². The zero-order valence-electron chi connectivity index (χ0n) is 11.9. The minimum absolute atomic E-state index is 0.0385. The van der Waals surface area contributed by atoms with Crippen molar-refractivity contribution in [1.29, 1.82) is 0 Å². The molecule has 0 atom stereocenters. The average Bonchev–Trinajstić information content (AvgIpc) is 2.27. The van der Waals surface area contributed by atoms with E-state index in [1.54, 1.807) is 12.1 Å². The van der Waals surface area contributed by atoms with Crippen molar-refractivity contribution in [2.45, 2.75) is 40.2 Å². The minimum atomic E-state index is -0.627. The molecule has 0 spiro atoms. The lowest BCUT2D eigenvalue weighted by Gasteiger charge is -2.37. The van der Waals surface area contributed by atoms with Crippen molar-refractivity contribution in [3.8, 4) is 5.75 Å². The van der Waals surface area contributed by atoms with Crippen molar-refractivity contribution in [3.63, 3.8) is 0 Å². The summed E-state index contributed by atoms with van der Waals surface area (Å²) in [5, 5.41) is 0. The first-order valence-corrected chi connectivity index (χ1v) is 6.26. The fraction of sp³-hybridized carbons (Fsp3) is 0.533. The lowest BCUT2D eigenvalue weighted by atomic mass is 9.70. The number of hydrogen-bond acceptors (Lipinski definition) is 3. The number of rotatable bonds is 5. The van der Waals surface area contributed by atoms with Gasteiger partial charge in [-0.05, 0) is 32.9 Å². The molecule has 0 aliphatic heterocycles. The summed E-state index contributed by atoms with van der Waals surface area (Å²) in [5.74, 6) is 0.755. The van der Waals surface area contributed by atoms with E-state index in [9.17, 15) is 4.79 Å². The Hall–Kier alpha value is -1.35. The topological polar surface area (TPSA) is 52.3 Å². The van der Waals surface area contributed by atoms with Gasteiger partial charge in [0.2, 0.25) is 0 Å². The maximum Gasteiger partial charge on any atom is 0.170 e. The molecule has 2 N–H and O–H groups in total. The third-order valence-corrected chi connectivity index (χ3v) is 3.59. The van der Waals surface area contributed by atoms with E-state index in [4.69, 9.17) is 10.5 Å². The Labute approximate surface area is 109 Å². The van der Waals surface area contributed by atoms with E-state index in [0.29, 0.717) is 17.9 Å². The maximum absolute atomic E-state index is 12.5. The zero-order chi connectivity index (χ0) is 14.0. The fourth-order valence-corrected chi connectivity index (χ4v) is 1.55. The molecule has 0 saturated carbocycles. The number of nitrogens with two attached hydrogens (primary N) is 1. The van der Waals surface area contributed by atoms with Gasteiger partial charge in [0.05, 0.1) is 6.61 Å². The van der Waals surface area contributed by atoms with Crippen LogP contribution in [0.1, 0.15) is 45.0 Å². The third kappa shape index (κ3) is 2.91. The van der Waals surface area contributed by atoms with Gasteiger partial charge < -0.3 is 10.5 Å². The highest BCUT2D eigenvalue weighted by Gasteiger charge is 2.40. The van der Waals surface area contributed by atoms with Crippen LogP contribution in [0.4, 0.5) is 0 Å². The molecule has 1 rings (SSSR count). The van der Waals surface area contributed by atoms with Crippen LogP contribution in [0.3, 0.4) is 0 Å². The largest absolute Gasteiger partial charge is 0.494 e. The van der Waals surface area contributed by atoms with Crippen molar-refractivity contribution in [1.82, 2.24) is 0 Å². The molecule has 0 aromatic heterocycles. The second-order valence-corrected chi connectivity index (χ2v) is 5.64. The predicted octanol–water partition coefficient (Wildman–Crippen LogP) is 3.03. The molecule has 100 valence electrons. The smallest absolute Gasteiger partial charge is 0.170 e. The molecule has 18 heavy (non-hydrogen) atoms. The zero-order valence-corrected chi connectivity index (χ0v) is 11.9. The van der Waals surface area contributed by atoms with E-state index in [1.807, 2.05) is 46.8 Å². The van der Waals surface area contributed by atoms with Gasteiger partial charge in [-0.25, -0.2) is 0 Å². The van der Waals surface area contributed by atoms with E-state index in [2.05, 4.69) is 0 Å². The molecule has 0 radical (unpaired) electrons. The fourth-order valence-electron chi connectivity index (χ4n) is 1.55. The minimum Gasteiger partial charge on any atom is -0.494 e. The molecule has 3 heteroatoms.